The maximum absolute atomic E-state index is 11.4. The van der Waals surface area contributed by atoms with Gasteiger partial charge in [0.25, 0.3) is 0 Å². The Labute approximate surface area is 96.9 Å². The Balaban J connectivity index is 3.55. The maximum atomic E-state index is 11.4. The fourth-order valence-corrected chi connectivity index (χ4v) is 0.966. The Morgan fingerprint density at radius 1 is 1.25 bits per heavy atom. The monoisotopic (exact) mass is 230 g/mol. The summed E-state index contributed by atoms with van der Waals surface area (Å²) in [5, 5.41) is 5.75. The van der Waals surface area contributed by atoms with Gasteiger partial charge < -0.3 is 15.4 Å². The molecule has 0 saturated carbocycles. The molecule has 2 N–H and O–H groups in total. The van der Waals surface area contributed by atoms with Gasteiger partial charge in [0.15, 0.2) is 0 Å². The molecule has 0 aliphatic heterocycles. The molecule has 0 aromatic carbocycles. The van der Waals surface area contributed by atoms with Crippen LogP contribution in [0.25, 0.3) is 0 Å². The Morgan fingerprint density at radius 2 is 1.88 bits per heavy atom. The molecule has 1 atom stereocenters. The lowest BCUT2D eigenvalue weighted by Gasteiger charge is -2.17. The lowest BCUT2D eigenvalue weighted by molar-refractivity contribution is -0.140. The molecule has 0 rings (SSSR count). The number of hydrogen-bond donors (Lipinski definition) is 2. The molecule has 1 amide bonds. The number of rotatable bonds is 7. The molecule has 94 valence electrons. The molecule has 16 heavy (non-hydrogen) atoms. The third-order valence-corrected chi connectivity index (χ3v) is 2.41. The fraction of sp³-hybridized carbons (Fsp3) is 0.818. The first-order valence-electron chi connectivity index (χ1n) is 5.54. The summed E-state index contributed by atoms with van der Waals surface area (Å²) in [6.07, 6.45) is 0.281. The van der Waals surface area contributed by atoms with Crippen LogP contribution >= 0.6 is 0 Å². The Morgan fingerprint density at radius 3 is 2.38 bits per heavy atom. The van der Waals surface area contributed by atoms with Crippen molar-refractivity contribution in [2.24, 2.45) is 5.92 Å². The molecule has 0 spiro atoms. The minimum Gasteiger partial charge on any atom is -0.469 e. The number of methoxy groups -OCH3 is 1. The van der Waals surface area contributed by atoms with Gasteiger partial charge in [0.05, 0.1) is 20.1 Å². The molecule has 0 fully saturated rings. The molecular formula is C11H22N2O3. The molecule has 0 aromatic heterocycles. The molecule has 0 saturated heterocycles. The summed E-state index contributed by atoms with van der Waals surface area (Å²) in [7, 11) is 1.35. The quantitative estimate of drug-likeness (QED) is 0.487. The number of hydrogen-bond acceptors (Lipinski definition) is 4. The van der Waals surface area contributed by atoms with Crippen LogP contribution in [0.2, 0.25) is 0 Å². The van der Waals surface area contributed by atoms with E-state index in [9.17, 15) is 9.59 Å². The number of amides is 1. The van der Waals surface area contributed by atoms with E-state index in [-0.39, 0.29) is 30.9 Å². The zero-order chi connectivity index (χ0) is 12.6. The molecular weight excluding hydrogens is 208 g/mol. The first-order chi connectivity index (χ1) is 7.47. The zero-order valence-corrected chi connectivity index (χ0v) is 10.5. The van der Waals surface area contributed by atoms with Gasteiger partial charge in [-0.3, -0.25) is 9.59 Å². The van der Waals surface area contributed by atoms with Crippen molar-refractivity contribution in [1.29, 1.82) is 0 Å². The summed E-state index contributed by atoms with van der Waals surface area (Å²) in [6.45, 7) is 6.76. The van der Waals surface area contributed by atoms with E-state index >= 15 is 0 Å². The van der Waals surface area contributed by atoms with E-state index in [1.807, 2.05) is 6.92 Å². The van der Waals surface area contributed by atoms with Crippen molar-refractivity contribution in [3.63, 3.8) is 0 Å². The van der Waals surface area contributed by atoms with Gasteiger partial charge in [-0.15, -0.1) is 0 Å². The minimum absolute atomic E-state index is 0.0499. The van der Waals surface area contributed by atoms with Gasteiger partial charge in [0, 0.05) is 12.6 Å². The SMILES string of the molecule is COC(=O)CCNCC(=O)NC(C)C(C)C. The number of carbonyl (C=O) groups is 2. The molecule has 0 aliphatic carbocycles. The van der Waals surface area contributed by atoms with E-state index in [4.69, 9.17) is 0 Å². The third kappa shape index (κ3) is 7.23. The van der Waals surface area contributed by atoms with E-state index in [1.165, 1.54) is 7.11 Å². The first kappa shape index (κ1) is 14.9. The molecule has 0 heterocycles. The summed E-state index contributed by atoms with van der Waals surface area (Å²) >= 11 is 0. The van der Waals surface area contributed by atoms with Crippen LogP contribution in [0.15, 0.2) is 0 Å². The van der Waals surface area contributed by atoms with Crippen LogP contribution in [-0.2, 0) is 14.3 Å². The van der Waals surface area contributed by atoms with Crippen molar-refractivity contribution < 1.29 is 14.3 Å². The topological polar surface area (TPSA) is 67.4 Å². The van der Waals surface area contributed by atoms with Crippen LogP contribution in [0.3, 0.4) is 0 Å². The summed E-state index contributed by atoms with van der Waals surface area (Å²) < 4.78 is 4.47. The van der Waals surface area contributed by atoms with Crippen LogP contribution in [0.5, 0.6) is 0 Å². The summed E-state index contributed by atoms with van der Waals surface area (Å²) in [5.74, 6) is 0.0912. The van der Waals surface area contributed by atoms with Gasteiger partial charge in [-0.1, -0.05) is 13.8 Å². The van der Waals surface area contributed by atoms with Crippen molar-refractivity contribution in [1.82, 2.24) is 10.6 Å². The van der Waals surface area contributed by atoms with Gasteiger partial charge in [0.2, 0.25) is 5.91 Å². The van der Waals surface area contributed by atoms with Crippen molar-refractivity contribution in [2.75, 3.05) is 20.2 Å². The van der Waals surface area contributed by atoms with Crippen LogP contribution in [0, 0.1) is 5.92 Å². The van der Waals surface area contributed by atoms with Gasteiger partial charge in [-0.2, -0.15) is 0 Å². The normalized spacial score (nSPS) is 12.3. The van der Waals surface area contributed by atoms with E-state index in [1.54, 1.807) is 0 Å². The molecule has 1 unspecified atom stereocenters. The van der Waals surface area contributed by atoms with Crippen molar-refractivity contribution >= 4 is 11.9 Å². The number of esters is 1. The lowest BCUT2D eigenvalue weighted by Crippen LogP contribution is -2.41. The summed E-state index contributed by atoms with van der Waals surface area (Å²) in [5.41, 5.74) is 0. The smallest absolute Gasteiger partial charge is 0.306 e. The molecule has 0 aliphatic rings. The van der Waals surface area contributed by atoms with Crippen molar-refractivity contribution in [3.05, 3.63) is 0 Å². The number of carbonyl (C=O) groups excluding carboxylic acids is 2. The highest BCUT2D eigenvalue weighted by atomic mass is 16.5. The second-order valence-corrected chi connectivity index (χ2v) is 4.10. The van der Waals surface area contributed by atoms with E-state index < -0.39 is 0 Å². The Kier molecular flexibility index (Phi) is 7.54. The van der Waals surface area contributed by atoms with E-state index in [0.29, 0.717) is 12.5 Å². The van der Waals surface area contributed by atoms with Crippen LogP contribution in [0.1, 0.15) is 27.2 Å². The first-order valence-corrected chi connectivity index (χ1v) is 5.54. The van der Waals surface area contributed by atoms with Crippen molar-refractivity contribution in [2.45, 2.75) is 33.2 Å². The highest BCUT2D eigenvalue weighted by Gasteiger charge is 2.10. The standard InChI is InChI=1S/C11H22N2O3/c1-8(2)9(3)13-10(14)7-12-6-5-11(15)16-4/h8-9,12H,5-7H2,1-4H3,(H,13,14). The zero-order valence-electron chi connectivity index (χ0n) is 10.5. The van der Waals surface area contributed by atoms with E-state index in [0.717, 1.165) is 0 Å². The highest BCUT2D eigenvalue weighted by Crippen LogP contribution is 1.98. The second kappa shape index (κ2) is 8.10. The van der Waals surface area contributed by atoms with Gasteiger partial charge in [-0.05, 0) is 12.8 Å². The molecule has 0 aromatic rings. The molecule has 5 heteroatoms. The van der Waals surface area contributed by atoms with E-state index in [2.05, 4.69) is 29.2 Å². The third-order valence-electron chi connectivity index (χ3n) is 2.41. The Bertz CT molecular complexity index is 229. The second-order valence-electron chi connectivity index (χ2n) is 4.10. The van der Waals surface area contributed by atoms with Gasteiger partial charge in [0.1, 0.15) is 0 Å². The largest absolute Gasteiger partial charge is 0.469 e. The average molecular weight is 230 g/mol. The molecule has 0 radical (unpaired) electrons. The Hall–Kier alpha value is -1.10. The summed E-state index contributed by atoms with van der Waals surface area (Å²) in [4.78, 5) is 22.1. The fourth-order valence-electron chi connectivity index (χ4n) is 0.966. The van der Waals surface area contributed by atoms with Crippen LogP contribution in [-0.4, -0.2) is 38.1 Å². The maximum Gasteiger partial charge on any atom is 0.306 e. The highest BCUT2D eigenvalue weighted by molar-refractivity contribution is 5.78. The van der Waals surface area contributed by atoms with Crippen molar-refractivity contribution in [3.8, 4) is 0 Å². The van der Waals surface area contributed by atoms with Gasteiger partial charge >= 0.3 is 5.97 Å². The number of ether oxygens (including phenoxy) is 1. The summed E-state index contributed by atoms with van der Waals surface area (Å²) in [6, 6.07) is 0.162. The molecule has 0 bridgehead atoms. The predicted molar refractivity (Wildman–Crippen MR) is 61.9 cm³/mol. The van der Waals surface area contributed by atoms with Crippen LogP contribution in [0.4, 0.5) is 0 Å². The minimum atomic E-state index is -0.275. The average Bonchev–Trinajstić information content (AvgIpc) is 2.23. The van der Waals surface area contributed by atoms with Gasteiger partial charge in [-0.25, -0.2) is 0 Å². The van der Waals surface area contributed by atoms with Crippen LogP contribution < -0.4 is 10.6 Å². The molecule has 5 nitrogen and oxygen atoms in total. The number of nitrogens with one attached hydrogen (secondary N) is 2. The lowest BCUT2D eigenvalue weighted by atomic mass is 10.1. The predicted octanol–water partition coefficient (Wildman–Crippen LogP) is 0.300.